The summed E-state index contributed by atoms with van der Waals surface area (Å²) in [5.41, 5.74) is 2.75. The smallest absolute Gasteiger partial charge is 0.223 e. The molecule has 1 aliphatic heterocycles. The lowest BCUT2D eigenvalue weighted by atomic mass is 9.89. The van der Waals surface area contributed by atoms with Crippen molar-refractivity contribution >= 4 is 17.5 Å². The normalized spacial score (nSPS) is 29.1. The topological polar surface area (TPSA) is 32.3 Å². The van der Waals surface area contributed by atoms with Gasteiger partial charge < -0.3 is 10.2 Å². The van der Waals surface area contributed by atoms with Gasteiger partial charge in [0.25, 0.3) is 0 Å². The highest BCUT2D eigenvalue weighted by molar-refractivity contribution is 6.30. The molecule has 1 N–H and O–H groups in total. The van der Waals surface area contributed by atoms with E-state index in [9.17, 15) is 4.79 Å². The van der Waals surface area contributed by atoms with Gasteiger partial charge in [-0.25, -0.2) is 0 Å². The average Bonchev–Trinajstić information content (AvgIpc) is 3.50. The van der Waals surface area contributed by atoms with Crippen LogP contribution >= 0.6 is 11.6 Å². The molecule has 2 aromatic carbocycles. The van der Waals surface area contributed by atoms with E-state index in [-0.39, 0.29) is 11.8 Å². The van der Waals surface area contributed by atoms with Gasteiger partial charge >= 0.3 is 0 Å². The fourth-order valence-corrected chi connectivity index (χ4v) is 5.91. The van der Waals surface area contributed by atoms with Crippen LogP contribution < -0.4 is 5.32 Å². The Morgan fingerprint density at radius 3 is 2.39 bits per heavy atom. The van der Waals surface area contributed by atoms with Crippen molar-refractivity contribution in [2.45, 2.75) is 56.4 Å². The minimum atomic E-state index is 0.188. The number of piperidine rings is 1. The number of carbonyl (C=O) groups excluding carboxylic acids is 1. The molecule has 3 aliphatic rings. The Bertz CT molecular complexity index is 876. The maximum Gasteiger partial charge on any atom is 0.223 e. The maximum atomic E-state index is 12.7. The molecule has 31 heavy (non-hydrogen) atoms. The molecule has 0 aromatic heterocycles. The summed E-state index contributed by atoms with van der Waals surface area (Å²) in [7, 11) is 0. The summed E-state index contributed by atoms with van der Waals surface area (Å²) < 4.78 is 0. The Morgan fingerprint density at radius 2 is 1.65 bits per heavy atom. The number of hydrogen-bond acceptors (Lipinski definition) is 2. The molecule has 0 unspecified atom stereocenters. The Morgan fingerprint density at radius 1 is 0.903 bits per heavy atom. The zero-order valence-electron chi connectivity index (χ0n) is 18.2. The van der Waals surface area contributed by atoms with Gasteiger partial charge in [-0.15, -0.1) is 0 Å². The summed E-state index contributed by atoms with van der Waals surface area (Å²) in [6, 6.07) is 19.3. The van der Waals surface area contributed by atoms with E-state index in [0.29, 0.717) is 17.9 Å². The van der Waals surface area contributed by atoms with Crippen molar-refractivity contribution in [2.75, 3.05) is 19.6 Å². The van der Waals surface area contributed by atoms with Gasteiger partial charge in [-0.3, -0.25) is 4.79 Å². The number of hydrogen-bond donors (Lipinski definition) is 1. The van der Waals surface area contributed by atoms with Crippen molar-refractivity contribution in [1.29, 1.82) is 0 Å². The summed E-state index contributed by atoms with van der Waals surface area (Å²) in [6.45, 7) is 3.55. The van der Waals surface area contributed by atoms with Crippen LogP contribution in [-0.2, 0) is 4.79 Å². The van der Waals surface area contributed by atoms with Gasteiger partial charge in [-0.05, 0) is 92.6 Å². The zero-order valence-corrected chi connectivity index (χ0v) is 18.9. The standard InChI is InChI=1S/C27H33ClN2O/c28-23-9-7-20(8-10-23)21-12-14-30(15-13-21)18-19-6-11-24(16-19)29-27(31)26-17-25(26)22-4-2-1-3-5-22/h1-5,7-10,19,21,24-26H,6,11-18H2,(H,29,31)/t19-,24+,25-,26+/m0/s1. The second-order valence-corrected chi connectivity index (χ2v) is 10.3. The van der Waals surface area contributed by atoms with Gasteiger partial charge in [0.1, 0.15) is 0 Å². The molecule has 4 atom stereocenters. The van der Waals surface area contributed by atoms with Crippen molar-refractivity contribution in [2.24, 2.45) is 11.8 Å². The minimum absolute atomic E-state index is 0.188. The Labute approximate surface area is 191 Å². The lowest BCUT2D eigenvalue weighted by Gasteiger charge is -2.33. The van der Waals surface area contributed by atoms with Gasteiger partial charge in [-0.2, -0.15) is 0 Å². The number of benzene rings is 2. The highest BCUT2D eigenvalue weighted by Gasteiger charge is 2.44. The SMILES string of the molecule is O=C(N[C@@H]1CC[C@H](CN2CCC(c3ccc(Cl)cc3)CC2)C1)[C@@H]1C[C@H]1c1ccccc1. The first-order valence-electron chi connectivity index (χ1n) is 12.0. The van der Waals surface area contributed by atoms with Crippen LogP contribution in [0.3, 0.4) is 0 Å². The number of rotatable bonds is 6. The van der Waals surface area contributed by atoms with Gasteiger partial charge in [0.15, 0.2) is 0 Å². The van der Waals surface area contributed by atoms with E-state index >= 15 is 0 Å². The van der Waals surface area contributed by atoms with E-state index in [4.69, 9.17) is 11.6 Å². The van der Waals surface area contributed by atoms with Crippen LogP contribution in [0.15, 0.2) is 54.6 Å². The van der Waals surface area contributed by atoms with Crippen LogP contribution in [-0.4, -0.2) is 36.5 Å². The van der Waals surface area contributed by atoms with Gasteiger partial charge in [-0.1, -0.05) is 54.1 Å². The van der Waals surface area contributed by atoms with Crippen LogP contribution in [0.5, 0.6) is 0 Å². The molecule has 3 nitrogen and oxygen atoms in total. The van der Waals surface area contributed by atoms with E-state index in [2.05, 4.69) is 46.6 Å². The van der Waals surface area contributed by atoms with E-state index in [0.717, 1.165) is 30.2 Å². The first kappa shape index (κ1) is 21.0. The lowest BCUT2D eigenvalue weighted by Crippen LogP contribution is -2.37. The van der Waals surface area contributed by atoms with Crippen molar-refractivity contribution in [3.05, 3.63) is 70.7 Å². The molecule has 164 valence electrons. The second kappa shape index (κ2) is 9.34. The molecule has 1 saturated heterocycles. The molecular formula is C27H33ClN2O. The van der Waals surface area contributed by atoms with Gasteiger partial charge in [0.05, 0.1) is 0 Å². The number of nitrogens with zero attached hydrogens (tertiary/aromatic N) is 1. The molecule has 4 heteroatoms. The monoisotopic (exact) mass is 436 g/mol. The van der Waals surface area contributed by atoms with Crippen LogP contribution in [0.4, 0.5) is 0 Å². The summed E-state index contributed by atoms with van der Waals surface area (Å²) >= 11 is 6.03. The summed E-state index contributed by atoms with van der Waals surface area (Å²) in [5, 5.41) is 4.19. The summed E-state index contributed by atoms with van der Waals surface area (Å²) in [5.74, 6) is 2.29. The first-order valence-corrected chi connectivity index (χ1v) is 12.4. The number of likely N-dealkylation sites (tertiary alicyclic amines) is 1. The fraction of sp³-hybridized carbons (Fsp3) is 0.519. The Balaban J connectivity index is 1.04. The molecule has 3 fully saturated rings. The van der Waals surface area contributed by atoms with Crippen molar-refractivity contribution in [3.8, 4) is 0 Å². The Hall–Kier alpha value is -1.84. The van der Waals surface area contributed by atoms with Crippen molar-refractivity contribution < 1.29 is 4.79 Å². The van der Waals surface area contributed by atoms with Crippen LogP contribution in [0.1, 0.15) is 61.5 Å². The summed E-state index contributed by atoms with van der Waals surface area (Å²) in [4.78, 5) is 15.4. The summed E-state index contributed by atoms with van der Waals surface area (Å²) in [6.07, 6.45) is 7.00. The molecule has 1 amide bonds. The van der Waals surface area contributed by atoms with Gasteiger partial charge in [0.2, 0.25) is 5.91 Å². The van der Waals surface area contributed by atoms with E-state index < -0.39 is 0 Å². The zero-order chi connectivity index (χ0) is 21.2. The minimum Gasteiger partial charge on any atom is -0.353 e. The number of carbonyl (C=O) groups is 1. The van der Waals surface area contributed by atoms with Crippen molar-refractivity contribution in [3.63, 3.8) is 0 Å². The van der Waals surface area contributed by atoms with Crippen LogP contribution in [0.25, 0.3) is 0 Å². The predicted molar refractivity (Wildman–Crippen MR) is 126 cm³/mol. The number of halogens is 1. The lowest BCUT2D eigenvalue weighted by molar-refractivity contribution is -0.123. The number of amides is 1. The largest absolute Gasteiger partial charge is 0.353 e. The molecule has 0 bridgehead atoms. The fourth-order valence-electron chi connectivity index (χ4n) is 5.78. The van der Waals surface area contributed by atoms with Crippen LogP contribution in [0.2, 0.25) is 5.02 Å². The van der Waals surface area contributed by atoms with Crippen LogP contribution in [0, 0.1) is 11.8 Å². The first-order chi connectivity index (χ1) is 15.2. The molecule has 0 spiro atoms. The van der Waals surface area contributed by atoms with Gasteiger partial charge in [0, 0.05) is 23.5 Å². The third-order valence-corrected chi connectivity index (χ3v) is 7.94. The highest BCUT2D eigenvalue weighted by atomic mass is 35.5. The molecular weight excluding hydrogens is 404 g/mol. The third kappa shape index (κ3) is 5.15. The quantitative estimate of drug-likeness (QED) is 0.638. The highest BCUT2D eigenvalue weighted by Crippen LogP contribution is 2.47. The molecule has 0 radical (unpaired) electrons. The molecule has 2 aliphatic carbocycles. The maximum absolute atomic E-state index is 12.7. The van der Waals surface area contributed by atoms with E-state index in [1.165, 1.54) is 50.0 Å². The average molecular weight is 437 g/mol. The van der Waals surface area contributed by atoms with E-state index in [1.807, 2.05) is 18.2 Å². The Kier molecular flexibility index (Phi) is 6.34. The molecule has 2 aromatic rings. The molecule has 2 saturated carbocycles. The molecule has 5 rings (SSSR count). The van der Waals surface area contributed by atoms with E-state index in [1.54, 1.807) is 0 Å². The van der Waals surface area contributed by atoms with Crippen molar-refractivity contribution in [1.82, 2.24) is 10.2 Å². The molecule has 1 heterocycles. The number of nitrogens with one attached hydrogen (secondary N) is 1. The second-order valence-electron chi connectivity index (χ2n) is 9.87. The predicted octanol–water partition coefficient (Wildman–Crippen LogP) is 5.61. The third-order valence-electron chi connectivity index (χ3n) is 7.69.